The molecular formula is C17H15FN2O5. The first-order chi connectivity index (χ1) is 11.9. The van der Waals surface area contributed by atoms with Gasteiger partial charge in [-0.25, -0.2) is 4.39 Å². The smallest absolute Gasteiger partial charge is 0.311 e. The zero-order valence-corrected chi connectivity index (χ0v) is 13.3. The Morgan fingerprint density at radius 3 is 2.48 bits per heavy atom. The maximum atomic E-state index is 12.8. The number of nitrogens with one attached hydrogen (secondary N) is 1. The summed E-state index contributed by atoms with van der Waals surface area (Å²) in [5.41, 5.74) is 0.361. The first kappa shape index (κ1) is 18.1. The topological polar surface area (TPSA) is 98.5 Å². The van der Waals surface area contributed by atoms with Gasteiger partial charge in [-0.05, 0) is 31.2 Å². The molecule has 2 rings (SSSR count). The molecule has 0 aromatic heterocycles. The summed E-state index contributed by atoms with van der Waals surface area (Å²) in [4.78, 5) is 34.2. The van der Waals surface area contributed by atoms with Crippen LogP contribution in [0.1, 0.15) is 12.5 Å². The van der Waals surface area contributed by atoms with Crippen molar-refractivity contribution in [2.45, 2.75) is 19.4 Å². The number of halogens is 1. The van der Waals surface area contributed by atoms with Crippen molar-refractivity contribution < 1.29 is 23.6 Å². The predicted molar refractivity (Wildman–Crippen MR) is 87.4 cm³/mol. The van der Waals surface area contributed by atoms with Crippen LogP contribution in [-0.2, 0) is 20.7 Å². The summed E-state index contributed by atoms with van der Waals surface area (Å²) in [6, 6.07) is 10.9. The molecule has 0 unspecified atom stereocenters. The van der Waals surface area contributed by atoms with Gasteiger partial charge in [0.15, 0.2) is 6.10 Å². The van der Waals surface area contributed by atoms with Crippen LogP contribution in [0.15, 0.2) is 48.5 Å². The number of nitrogens with zero attached hydrogens (tertiary/aromatic N) is 1. The number of rotatable bonds is 6. The molecule has 8 heteroatoms. The molecule has 0 spiro atoms. The first-order valence-electron chi connectivity index (χ1n) is 7.35. The largest absolute Gasteiger partial charge is 0.452 e. The number of anilines is 1. The van der Waals surface area contributed by atoms with Crippen molar-refractivity contribution in [1.29, 1.82) is 0 Å². The lowest BCUT2D eigenvalue weighted by Gasteiger charge is -2.13. The zero-order chi connectivity index (χ0) is 18.4. The molecule has 0 heterocycles. The van der Waals surface area contributed by atoms with Crippen molar-refractivity contribution in [3.05, 3.63) is 70.0 Å². The van der Waals surface area contributed by atoms with E-state index in [-0.39, 0.29) is 17.7 Å². The maximum Gasteiger partial charge on any atom is 0.311 e. The van der Waals surface area contributed by atoms with Crippen LogP contribution in [0.5, 0.6) is 0 Å². The van der Waals surface area contributed by atoms with E-state index in [9.17, 15) is 24.1 Å². The molecule has 7 nitrogen and oxygen atoms in total. The second-order valence-corrected chi connectivity index (χ2v) is 5.19. The zero-order valence-electron chi connectivity index (χ0n) is 13.3. The van der Waals surface area contributed by atoms with Gasteiger partial charge in [-0.15, -0.1) is 0 Å². The van der Waals surface area contributed by atoms with E-state index in [1.807, 2.05) is 0 Å². The van der Waals surface area contributed by atoms with Crippen LogP contribution in [-0.4, -0.2) is 22.9 Å². The number of nitro benzene ring substituents is 1. The lowest BCUT2D eigenvalue weighted by atomic mass is 10.1. The molecule has 1 amide bonds. The summed E-state index contributed by atoms with van der Waals surface area (Å²) in [5, 5.41) is 13.4. The summed E-state index contributed by atoms with van der Waals surface area (Å²) >= 11 is 0. The summed E-state index contributed by atoms with van der Waals surface area (Å²) in [6.45, 7) is 1.37. The van der Waals surface area contributed by atoms with E-state index in [1.165, 1.54) is 49.4 Å². The minimum atomic E-state index is -1.11. The highest BCUT2D eigenvalue weighted by Gasteiger charge is 2.21. The van der Waals surface area contributed by atoms with E-state index < -0.39 is 28.7 Å². The molecule has 0 saturated heterocycles. The van der Waals surface area contributed by atoms with E-state index in [0.717, 1.165) is 0 Å². The van der Waals surface area contributed by atoms with Crippen LogP contribution in [0.4, 0.5) is 15.8 Å². The molecule has 0 radical (unpaired) electrons. The molecule has 1 atom stereocenters. The van der Waals surface area contributed by atoms with Crippen molar-refractivity contribution in [3.63, 3.8) is 0 Å². The van der Waals surface area contributed by atoms with Gasteiger partial charge >= 0.3 is 5.97 Å². The van der Waals surface area contributed by atoms with Crippen LogP contribution >= 0.6 is 0 Å². The minimum absolute atomic E-state index is 0.192. The fourth-order valence-corrected chi connectivity index (χ4v) is 2.06. The van der Waals surface area contributed by atoms with Crippen LogP contribution in [0.3, 0.4) is 0 Å². The van der Waals surface area contributed by atoms with Crippen LogP contribution in [0.2, 0.25) is 0 Å². The summed E-state index contributed by atoms with van der Waals surface area (Å²) < 4.78 is 17.8. The molecular weight excluding hydrogens is 331 g/mol. The number of carbonyl (C=O) groups excluding carboxylic acids is 2. The SMILES string of the molecule is C[C@H](OC(=O)Cc1ccccc1[N+](=O)[O-])C(=O)Nc1ccc(F)cc1. The van der Waals surface area contributed by atoms with Gasteiger partial charge in [0.05, 0.1) is 11.3 Å². The number of amides is 1. The van der Waals surface area contributed by atoms with Gasteiger partial charge in [0.1, 0.15) is 5.82 Å². The third-order valence-electron chi connectivity index (χ3n) is 3.31. The predicted octanol–water partition coefficient (Wildman–Crippen LogP) is 2.85. The Hall–Kier alpha value is -3.29. The maximum absolute atomic E-state index is 12.8. The van der Waals surface area contributed by atoms with Crippen molar-refractivity contribution in [3.8, 4) is 0 Å². The second kappa shape index (κ2) is 8.00. The van der Waals surface area contributed by atoms with Crippen molar-refractivity contribution >= 4 is 23.3 Å². The lowest BCUT2D eigenvalue weighted by molar-refractivity contribution is -0.385. The quantitative estimate of drug-likeness (QED) is 0.493. The summed E-state index contributed by atoms with van der Waals surface area (Å²) in [5.74, 6) is -1.81. The second-order valence-electron chi connectivity index (χ2n) is 5.19. The van der Waals surface area contributed by atoms with Gasteiger partial charge < -0.3 is 10.1 Å². The van der Waals surface area contributed by atoms with Crippen LogP contribution in [0, 0.1) is 15.9 Å². The molecule has 25 heavy (non-hydrogen) atoms. The minimum Gasteiger partial charge on any atom is -0.452 e. The number of para-hydroxylation sites is 1. The van der Waals surface area contributed by atoms with E-state index in [1.54, 1.807) is 6.07 Å². The Bertz CT molecular complexity index is 792. The van der Waals surface area contributed by atoms with Gasteiger partial charge in [0, 0.05) is 17.3 Å². The number of hydrogen-bond acceptors (Lipinski definition) is 5. The van der Waals surface area contributed by atoms with Crippen LogP contribution in [0.25, 0.3) is 0 Å². The molecule has 2 aromatic rings. The molecule has 0 aliphatic heterocycles. The average Bonchev–Trinajstić information content (AvgIpc) is 2.57. The highest BCUT2D eigenvalue weighted by atomic mass is 19.1. The van der Waals surface area contributed by atoms with Gasteiger partial charge in [0.2, 0.25) is 0 Å². The van der Waals surface area contributed by atoms with Gasteiger partial charge in [-0.2, -0.15) is 0 Å². The van der Waals surface area contributed by atoms with E-state index in [2.05, 4.69) is 5.32 Å². The normalized spacial score (nSPS) is 11.4. The number of esters is 1. The van der Waals surface area contributed by atoms with E-state index >= 15 is 0 Å². The number of carbonyl (C=O) groups is 2. The van der Waals surface area contributed by atoms with Gasteiger partial charge in [-0.3, -0.25) is 19.7 Å². The molecule has 130 valence electrons. The van der Waals surface area contributed by atoms with Crippen molar-refractivity contribution in [1.82, 2.24) is 0 Å². The van der Waals surface area contributed by atoms with Crippen molar-refractivity contribution in [2.24, 2.45) is 0 Å². The highest BCUT2D eigenvalue weighted by Crippen LogP contribution is 2.18. The Balaban J connectivity index is 1.94. The standard InChI is InChI=1S/C17H15FN2O5/c1-11(17(22)19-14-8-6-13(18)7-9-14)25-16(21)10-12-4-2-3-5-15(12)20(23)24/h2-9,11H,10H2,1H3,(H,19,22)/t11-/m0/s1. The molecule has 0 saturated carbocycles. The molecule has 0 aliphatic rings. The Morgan fingerprint density at radius 2 is 1.84 bits per heavy atom. The molecule has 2 aromatic carbocycles. The number of nitro groups is 1. The summed E-state index contributed by atoms with van der Waals surface area (Å²) in [6.07, 6.45) is -1.44. The number of hydrogen-bond donors (Lipinski definition) is 1. The first-order valence-corrected chi connectivity index (χ1v) is 7.35. The third-order valence-corrected chi connectivity index (χ3v) is 3.31. The molecule has 0 bridgehead atoms. The lowest BCUT2D eigenvalue weighted by Crippen LogP contribution is -2.30. The molecule has 0 aliphatic carbocycles. The Labute approximate surface area is 142 Å². The number of ether oxygens (including phenoxy) is 1. The van der Waals surface area contributed by atoms with Crippen molar-refractivity contribution in [2.75, 3.05) is 5.32 Å². The highest BCUT2D eigenvalue weighted by molar-refractivity contribution is 5.95. The fourth-order valence-electron chi connectivity index (χ4n) is 2.06. The Kier molecular flexibility index (Phi) is 5.78. The number of benzene rings is 2. The van der Waals surface area contributed by atoms with Gasteiger partial charge in [0.25, 0.3) is 11.6 Å². The summed E-state index contributed by atoms with van der Waals surface area (Å²) in [7, 11) is 0. The fraction of sp³-hybridized carbons (Fsp3) is 0.176. The molecule has 1 N–H and O–H groups in total. The van der Waals surface area contributed by atoms with E-state index in [0.29, 0.717) is 5.69 Å². The molecule has 0 fully saturated rings. The van der Waals surface area contributed by atoms with Gasteiger partial charge in [-0.1, -0.05) is 18.2 Å². The average molecular weight is 346 g/mol. The van der Waals surface area contributed by atoms with Crippen LogP contribution < -0.4 is 5.32 Å². The Morgan fingerprint density at radius 1 is 1.20 bits per heavy atom. The third kappa shape index (κ3) is 5.10. The van der Waals surface area contributed by atoms with E-state index in [4.69, 9.17) is 4.74 Å². The monoisotopic (exact) mass is 346 g/mol.